The summed E-state index contributed by atoms with van der Waals surface area (Å²) in [6.45, 7) is 8.12. The van der Waals surface area contributed by atoms with Crippen LogP contribution in [0.2, 0.25) is 0 Å². The Morgan fingerprint density at radius 1 is 1.35 bits per heavy atom. The van der Waals surface area contributed by atoms with Crippen LogP contribution in [0.4, 0.5) is 0 Å². The lowest BCUT2D eigenvalue weighted by molar-refractivity contribution is -0.123. The van der Waals surface area contributed by atoms with E-state index in [4.69, 9.17) is 4.74 Å². The first-order valence-electron chi connectivity index (χ1n) is 7.06. The Kier molecular flexibility index (Phi) is 6.52. The van der Waals surface area contributed by atoms with Crippen molar-refractivity contribution in [2.75, 3.05) is 6.54 Å². The van der Waals surface area contributed by atoms with E-state index in [0.29, 0.717) is 6.54 Å². The number of hydrogen-bond donors (Lipinski definition) is 2. The van der Waals surface area contributed by atoms with Crippen LogP contribution in [0.1, 0.15) is 32.8 Å². The van der Waals surface area contributed by atoms with Gasteiger partial charge in [-0.2, -0.15) is 0 Å². The van der Waals surface area contributed by atoms with Crippen molar-refractivity contribution in [3.63, 3.8) is 0 Å². The maximum atomic E-state index is 11.6. The molecule has 1 aromatic carbocycles. The van der Waals surface area contributed by atoms with Gasteiger partial charge in [0, 0.05) is 0 Å². The zero-order chi connectivity index (χ0) is 15.1. The predicted molar refractivity (Wildman–Crippen MR) is 79.7 cm³/mol. The summed E-state index contributed by atoms with van der Waals surface area (Å²) in [5.74, 6) is 0.738. The minimum Gasteiger partial charge on any atom is -0.489 e. The van der Waals surface area contributed by atoms with Gasteiger partial charge in [0.1, 0.15) is 11.9 Å². The van der Waals surface area contributed by atoms with Gasteiger partial charge in [0.15, 0.2) is 0 Å². The van der Waals surface area contributed by atoms with Crippen LogP contribution in [0.15, 0.2) is 24.3 Å². The van der Waals surface area contributed by atoms with E-state index in [1.54, 1.807) is 0 Å². The lowest BCUT2D eigenvalue weighted by Gasteiger charge is -2.17. The first-order chi connectivity index (χ1) is 9.38. The van der Waals surface area contributed by atoms with Crippen LogP contribution < -0.4 is 10.1 Å². The second kappa shape index (κ2) is 7.90. The largest absolute Gasteiger partial charge is 0.489 e. The molecule has 2 atom stereocenters. The lowest BCUT2D eigenvalue weighted by Crippen LogP contribution is -2.36. The lowest BCUT2D eigenvalue weighted by atomic mass is 10.0. The number of aryl methyl sites for hydroxylation is 1. The molecule has 0 bridgehead atoms. The number of aliphatic hydroxyl groups is 1. The molecule has 0 heterocycles. The number of aliphatic hydroxyl groups excluding tert-OH is 1. The number of rotatable bonds is 7. The normalized spacial score (nSPS) is 13.9. The van der Waals surface area contributed by atoms with E-state index in [9.17, 15) is 9.90 Å². The number of amides is 1. The van der Waals surface area contributed by atoms with E-state index in [1.165, 1.54) is 0 Å². The zero-order valence-corrected chi connectivity index (χ0v) is 12.7. The molecule has 1 aromatic rings. The molecule has 0 fully saturated rings. The molecule has 0 aromatic heterocycles. The molecule has 0 saturated heterocycles. The van der Waals surface area contributed by atoms with Gasteiger partial charge in [0.05, 0.1) is 19.1 Å². The highest BCUT2D eigenvalue weighted by Crippen LogP contribution is 2.14. The minimum atomic E-state index is -0.594. The van der Waals surface area contributed by atoms with Crippen LogP contribution in [0.5, 0.6) is 5.75 Å². The van der Waals surface area contributed by atoms with E-state index < -0.39 is 6.10 Å². The quantitative estimate of drug-likeness (QED) is 0.805. The summed E-state index contributed by atoms with van der Waals surface area (Å²) >= 11 is 0. The standard InChI is InChI=1S/C16H25NO3/c1-11(2)15(18)9-16(19)17-10-13(4)20-14-7-5-6-12(3)8-14/h5-8,11,13,15,18H,9-10H2,1-4H3,(H,17,19). The van der Waals surface area contributed by atoms with Crippen LogP contribution in [0.25, 0.3) is 0 Å². The molecule has 0 saturated carbocycles. The topological polar surface area (TPSA) is 58.6 Å². The molecule has 0 aliphatic heterocycles. The number of carbonyl (C=O) groups is 1. The number of ether oxygens (including phenoxy) is 1. The Bertz CT molecular complexity index is 431. The monoisotopic (exact) mass is 279 g/mol. The van der Waals surface area contributed by atoms with Gasteiger partial charge in [-0.15, -0.1) is 0 Å². The highest BCUT2D eigenvalue weighted by Gasteiger charge is 2.15. The van der Waals surface area contributed by atoms with Crippen LogP contribution in [-0.2, 0) is 4.79 Å². The van der Waals surface area contributed by atoms with Crippen LogP contribution in [-0.4, -0.2) is 29.8 Å². The highest BCUT2D eigenvalue weighted by atomic mass is 16.5. The summed E-state index contributed by atoms with van der Waals surface area (Å²) in [6, 6.07) is 7.80. The molecule has 2 N–H and O–H groups in total. The second-order valence-electron chi connectivity index (χ2n) is 5.56. The number of benzene rings is 1. The average molecular weight is 279 g/mol. The molecule has 112 valence electrons. The summed E-state index contributed by atoms with van der Waals surface area (Å²) in [5, 5.41) is 12.4. The molecule has 1 rings (SSSR count). The van der Waals surface area contributed by atoms with Gasteiger partial charge in [-0.25, -0.2) is 0 Å². The molecule has 20 heavy (non-hydrogen) atoms. The molecule has 4 heteroatoms. The molecule has 0 aliphatic rings. The first kappa shape index (κ1) is 16.5. The molecule has 0 aliphatic carbocycles. The molecular weight excluding hydrogens is 254 g/mol. The van der Waals surface area contributed by atoms with E-state index in [1.807, 2.05) is 52.0 Å². The smallest absolute Gasteiger partial charge is 0.222 e. The van der Waals surface area contributed by atoms with E-state index in [0.717, 1.165) is 11.3 Å². The fraction of sp³-hybridized carbons (Fsp3) is 0.562. The van der Waals surface area contributed by atoms with Gasteiger partial charge in [-0.3, -0.25) is 4.79 Å². The Hall–Kier alpha value is -1.55. The highest BCUT2D eigenvalue weighted by molar-refractivity contribution is 5.76. The maximum Gasteiger partial charge on any atom is 0.222 e. The molecule has 0 spiro atoms. The third kappa shape index (κ3) is 6.06. The molecule has 0 radical (unpaired) electrons. The fourth-order valence-electron chi connectivity index (χ4n) is 1.72. The van der Waals surface area contributed by atoms with Gasteiger partial charge in [0.2, 0.25) is 5.91 Å². The summed E-state index contributed by atoms with van der Waals surface area (Å²) in [5.41, 5.74) is 1.14. The molecule has 4 nitrogen and oxygen atoms in total. The maximum absolute atomic E-state index is 11.6. The summed E-state index contributed by atoms with van der Waals surface area (Å²) in [6.07, 6.45) is -0.575. The SMILES string of the molecule is Cc1cccc(OC(C)CNC(=O)CC(O)C(C)C)c1. The number of carbonyl (C=O) groups excluding carboxylic acids is 1. The number of nitrogens with one attached hydrogen (secondary N) is 1. The van der Waals surface area contributed by atoms with Crippen molar-refractivity contribution in [1.82, 2.24) is 5.32 Å². The van der Waals surface area contributed by atoms with E-state index in [2.05, 4.69) is 5.32 Å². The summed E-state index contributed by atoms with van der Waals surface area (Å²) < 4.78 is 5.72. The Morgan fingerprint density at radius 3 is 2.65 bits per heavy atom. The van der Waals surface area contributed by atoms with Crippen molar-refractivity contribution >= 4 is 5.91 Å². The summed E-state index contributed by atoms with van der Waals surface area (Å²) in [7, 11) is 0. The van der Waals surface area contributed by atoms with E-state index in [-0.39, 0.29) is 24.3 Å². The fourth-order valence-corrected chi connectivity index (χ4v) is 1.72. The van der Waals surface area contributed by atoms with Gasteiger partial charge >= 0.3 is 0 Å². The van der Waals surface area contributed by atoms with Crippen molar-refractivity contribution in [1.29, 1.82) is 0 Å². The van der Waals surface area contributed by atoms with Crippen molar-refractivity contribution in [3.8, 4) is 5.75 Å². The number of hydrogen-bond acceptors (Lipinski definition) is 3. The third-order valence-electron chi connectivity index (χ3n) is 3.08. The average Bonchev–Trinajstić information content (AvgIpc) is 2.36. The van der Waals surface area contributed by atoms with Crippen LogP contribution >= 0.6 is 0 Å². The minimum absolute atomic E-state index is 0.0849. The molecule has 2 unspecified atom stereocenters. The van der Waals surface area contributed by atoms with Crippen molar-refractivity contribution in [2.24, 2.45) is 5.92 Å². The predicted octanol–water partition coefficient (Wildman–Crippen LogP) is 2.29. The van der Waals surface area contributed by atoms with Crippen LogP contribution in [0.3, 0.4) is 0 Å². The van der Waals surface area contributed by atoms with Gasteiger partial charge < -0.3 is 15.2 Å². The van der Waals surface area contributed by atoms with Gasteiger partial charge in [-0.05, 0) is 37.5 Å². The zero-order valence-electron chi connectivity index (χ0n) is 12.7. The second-order valence-corrected chi connectivity index (χ2v) is 5.56. The first-order valence-corrected chi connectivity index (χ1v) is 7.06. The Labute approximate surface area is 121 Å². The Balaban J connectivity index is 2.32. The van der Waals surface area contributed by atoms with E-state index >= 15 is 0 Å². The van der Waals surface area contributed by atoms with Gasteiger partial charge in [-0.1, -0.05) is 26.0 Å². The van der Waals surface area contributed by atoms with Crippen molar-refractivity contribution in [2.45, 2.75) is 46.3 Å². The van der Waals surface area contributed by atoms with Gasteiger partial charge in [0.25, 0.3) is 0 Å². The Morgan fingerprint density at radius 2 is 2.05 bits per heavy atom. The molecule has 1 amide bonds. The van der Waals surface area contributed by atoms with Crippen LogP contribution in [0, 0.1) is 12.8 Å². The molecular formula is C16H25NO3. The van der Waals surface area contributed by atoms with Crippen molar-refractivity contribution in [3.05, 3.63) is 29.8 Å². The third-order valence-corrected chi connectivity index (χ3v) is 3.08. The van der Waals surface area contributed by atoms with Crippen molar-refractivity contribution < 1.29 is 14.6 Å². The summed E-state index contributed by atoms with van der Waals surface area (Å²) in [4.78, 5) is 11.6.